The first kappa shape index (κ1) is 20.6. The van der Waals surface area contributed by atoms with E-state index in [0.29, 0.717) is 31.1 Å². The normalized spacial score (nSPS) is 20.0. The molecule has 1 aromatic carbocycles. The van der Waals surface area contributed by atoms with Crippen molar-refractivity contribution in [1.82, 2.24) is 5.32 Å². The fourth-order valence-corrected chi connectivity index (χ4v) is 4.91. The van der Waals surface area contributed by atoms with Gasteiger partial charge in [0.05, 0.1) is 36.7 Å². The summed E-state index contributed by atoms with van der Waals surface area (Å²) < 4.78 is 34.5. The zero-order chi connectivity index (χ0) is 19.3. The standard InChI is InChI=1S/C19H29NO5S/c1-5-24-16-8-7-14(11-17(16)25-6-2)18(13(3)4)20-19(21)15-9-10-26(22,23)12-15/h7-8,11,13,15,18H,5-6,9-10,12H2,1-4H3,(H,20,21). The molecule has 1 saturated heterocycles. The molecule has 146 valence electrons. The minimum Gasteiger partial charge on any atom is -0.490 e. The lowest BCUT2D eigenvalue weighted by atomic mass is 9.94. The summed E-state index contributed by atoms with van der Waals surface area (Å²) in [5.41, 5.74) is 0.918. The van der Waals surface area contributed by atoms with Crippen molar-refractivity contribution in [1.29, 1.82) is 0 Å². The number of rotatable bonds is 8. The third-order valence-corrected chi connectivity index (χ3v) is 6.26. The van der Waals surface area contributed by atoms with Gasteiger partial charge in [-0.25, -0.2) is 8.42 Å². The van der Waals surface area contributed by atoms with Gasteiger partial charge in [0.2, 0.25) is 5.91 Å². The van der Waals surface area contributed by atoms with Crippen LogP contribution in [0.1, 0.15) is 45.7 Å². The maximum atomic E-state index is 12.6. The summed E-state index contributed by atoms with van der Waals surface area (Å²) in [5, 5.41) is 3.03. The Labute approximate surface area is 156 Å². The first-order valence-corrected chi connectivity index (χ1v) is 11.0. The SMILES string of the molecule is CCOc1ccc(C(NC(=O)C2CCS(=O)(=O)C2)C(C)C)cc1OCC. The maximum Gasteiger partial charge on any atom is 0.224 e. The quantitative estimate of drug-likeness (QED) is 0.746. The number of benzene rings is 1. The largest absolute Gasteiger partial charge is 0.490 e. The summed E-state index contributed by atoms with van der Waals surface area (Å²) in [4.78, 5) is 12.6. The third-order valence-electron chi connectivity index (χ3n) is 4.49. The highest BCUT2D eigenvalue weighted by Crippen LogP contribution is 2.33. The van der Waals surface area contributed by atoms with Crippen LogP contribution in [0.25, 0.3) is 0 Å². The van der Waals surface area contributed by atoms with Gasteiger partial charge in [-0.3, -0.25) is 4.79 Å². The molecule has 0 saturated carbocycles. The molecule has 1 heterocycles. The van der Waals surface area contributed by atoms with E-state index in [1.165, 1.54) is 0 Å². The van der Waals surface area contributed by atoms with E-state index >= 15 is 0 Å². The van der Waals surface area contributed by atoms with E-state index in [0.717, 1.165) is 5.56 Å². The molecule has 1 amide bonds. The van der Waals surface area contributed by atoms with E-state index in [1.54, 1.807) is 0 Å². The Morgan fingerprint density at radius 3 is 2.38 bits per heavy atom. The van der Waals surface area contributed by atoms with Crippen molar-refractivity contribution in [3.63, 3.8) is 0 Å². The lowest BCUT2D eigenvalue weighted by Gasteiger charge is -2.25. The van der Waals surface area contributed by atoms with Crippen LogP contribution in [0.5, 0.6) is 11.5 Å². The van der Waals surface area contributed by atoms with Gasteiger partial charge >= 0.3 is 0 Å². The second-order valence-corrected chi connectivity index (χ2v) is 9.13. The van der Waals surface area contributed by atoms with Crippen LogP contribution in [0.15, 0.2) is 18.2 Å². The van der Waals surface area contributed by atoms with Crippen molar-refractivity contribution in [2.45, 2.75) is 40.2 Å². The molecule has 7 heteroatoms. The molecule has 0 radical (unpaired) electrons. The van der Waals surface area contributed by atoms with Crippen LogP contribution in [-0.2, 0) is 14.6 Å². The number of ether oxygens (including phenoxy) is 2. The summed E-state index contributed by atoms with van der Waals surface area (Å²) in [7, 11) is -3.08. The lowest BCUT2D eigenvalue weighted by Crippen LogP contribution is -2.36. The Morgan fingerprint density at radius 2 is 1.85 bits per heavy atom. The van der Waals surface area contributed by atoms with Crippen molar-refractivity contribution in [2.75, 3.05) is 24.7 Å². The topological polar surface area (TPSA) is 81.7 Å². The highest BCUT2D eigenvalue weighted by molar-refractivity contribution is 7.91. The van der Waals surface area contributed by atoms with Gasteiger partial charge in [-0.15, -0.1) is 0 Å². The average molecular weight is 384 g/mol. The minimum atomic E-state index is -3.08. The lowest BCUT2D eigenvalue weighted by molar-refractivity contribution is -0.125. The van der Waals surface area contributed by atoms with E-state index < -0.39 is 15.8 Å². The van der Waals surface area contributed by atoms with E-state index in [1.807, 2.05) is 45.9 Å². The van der Waals surface area contributed by atoms with Crippen LogP contribution in [0.3, 0.4) is 0 Å². The number of carbonyl (C=O) groups is 1. The molecule has 1 aromatic rings. The van der Waals surface area contributed by atoms with Gasteiger partial charge in [-0.05, 0) is 43.9 Å². The fourth-order valence-electron chi connectivity index (χ4n) is 3.17. The van der Waals surface area contributed by atoms with Gasteiger partial charge in [0.15, 0.2) is 21.3 Å². The number of carbonyl (C=O) groups excluding carboxylic acids is 1. The molecule has 0 aromatic heterocycles. The predicted octanol–water partition coefficient (Wildman–Crippen LogP) is 2.73. The summed E-state index contributed by atoms with van der Waals surface area (Å²) in [5.74, 6) is 0.840. The predicted molar refractivity (Wildman–Crippen MR) is 101 cm³/mol. The minimum absolute atomic E-state index is 0.0584. The molecule has 2 rings (SSSR count). The number of hydrogen-bond acceptors (Lipinski definition) is 5. The van der Waals surface area contributed by atoms with Gasteiger partial charge < -0.3 is 14.8 Å². The van der Waals surface area contributed by atoms with Crippen LogP contribution in [0.2, 0.25) is 0 Å². The number of amides is 1. The number of nitrogens with one attached hydrogen (secondary N) is 1. The van der Waals surface area contributed by atoms with Crippen molar-refractivity contribution >= 4 is 15.7 Å². The molecule has 6 nitrogen and oxygen atoms in total. The van der Waals surface area contributed by atoms with Crippen LogP contribution in [-0.4, -0.2) is 39.0 Å². The number of sulfone groups is 1. The average Bonchev–Trinajstić information content (AvgIpc) is 2.94. The van der Waals surface area contributed by atoms with Crippen LogP contribution in [0, 0.1) is 11.8 Å². The first-order valence-electron chi connectivity index (χ1n) is 9.17. The van der Waals surface area contributed by atoms with Gasteiger partial charge in [0, 0.05) is 0 Å². The van der Waals surface area contributed by atoms with Crippen LogP contribution >= 0.6 is 0 Å². The second-order valence-electron chi connectivity index (χ2n) is 6.90. The van der Waals surface area contributed by atoms with Crippen molar-refractivity contribution in [3.8, 4) is 11.5 Å². The van der Waals surface area contributed by atoms with Crippen molar-refractivity contribution in [2.24, 2.45) is 11.8 Å². The summed E-state index contributed by atoms with van der Waals surface area (Å²) in [6.45, 7) is 8.92. The zero-order valence-corrected chi connectivity index (χ0v) is 16.8. The highest BCUT2D eigenvalue weighted by atomic mass is 32.2. The summed E-state index contributed by atoms with van der Waals surface area (Å²) in [6.07, 6.45) is 0.395. The molecule has 1 aliphatic heterocycles. The fraction of sp³-hybridized carbons (Fsp3) is 0.632. The van der Waals surface area contributed by atoms with E-state index in [9.17, 15) is 13.2 Å². The van der Waals surface area contributed by atoms with Crippen LogP contribution in [0.4, 0.5) is 0 Å². The zero-order valence-electron chi connectivity index (χ0n) is 15.9. The third kappa shape index (κ3) is 5.13. The molecule has 1 N–H and O–H groups in total. The Morgan fingerprint density at radius 1 is 1.19 bits per heavy atom. The molecular formula is C19H29NO5S. The van der Waals surface area contributed by atoms with Crippen LogP contribution < -0.4 is 14.8 Å². The van der Waals surface area contributed by atoms with Gasteiger partial charge in [-0.1, -0.05) is 19.9 Å². The summed E-state index contributed by atoms with van der Waals surface area (Å²) >= 11 is 0. The maximum absolute atomic E-state index is 12.6. The molecule has 26 heavy (non-hydrogen) atoms. The molecule has 1 fully saturated rings. The van der Waals surface area contributed by atoms with Gasteiger partial charge in [-0.2, -0.15) is 0 Å². The Hall–Kier alpha value is -1.76. The Bertz CT molecular complexity index is 729. The first-order chi connectivity index (χ1) is 12.3. The van der Waals surface area contributed by atoms with Gasteiger partial charge in [0.1, 0.15) is 0 Å². The summed E-state index contributed by atoms with van der Waals surface area (Å²) in [6, 6.07) is 5.45. The number of hydrogen-bond donors (Lipinski definition) is 1. The second kappa shape index (κ2) is 8.75. The van der Waals surface area contributed by atoms with Crippen molar-refractivity contribution < 1.29 is 22.7 Å². The monoisotopic (exact) mass is 383 g/mol. The molecule has 0 aliphatic carbocycles. The molecule has 2 atom stereocenters. The highest BCUT2D eigenvalue weighted by Gasteiger charge is 2.34. The van der Waals surface area contributed by atoms with E-state index in [4.69, 9.17) is 9.47 Å². The molecular weight excluding hydrogens is 354 g/mol. The van der Waals surface area contributed by atoms with E-state index in [-0.39, 0.29) is 29.4 Å². The smallest absolute Gasteiger partial charge is 0.224 e. The molecule has 0 bridgehead atoms. The van der Waals surface area contributed by atoms with E-state index in [2.05, 4.69) is 5.32 Å². The van der Waals surface area contributed by atoms with Gasteiger partial charge in [0.25, 0.3) is 0 Å². The Kier molecular flexibility index (Phi) is 6.92. The Balaban J connectivity index is 2.21. The van der Waals surface area contributed by atoms with Crippen molar-refractivity contribution in [3.05, 3.63) is 23.8 Å². The molecule has 1 aliphatic rings. The molecule has 0 spiro atoms. The molecule has 2 unspecified atom stereocenters.